The molecular formula is C16H18CoN2O2. The van der Waals surface area contributed by atoms with Crippen LogP contribution < -0.4 is 5.43 Å². The molecule has 4 nitrogen and oxygen atoms in total. The first-order valence-electron chi connectivity index (χ1n) is 6.76. The molecule has 113 valence electrons. The van der Waals surface area contributed by atoms with Gasteiger partial charge in [0.05, 0.1) is 0 Å². The van der Waals surface area contributed by atoms with E-state index in [0.29, 0.717) is 30.9 Å². The summed E-state index contributed by atoms with van der Waals surface area (Å²) in [5.74, 6) is 0.769. The number of rotatable bonds is 7. The van der Waals surface area contributed by atoms with Crippen molar-refractivity contribution in [3.8, 4) is 11.5 Å². The Labute approximate surface area is 132 Å². The average molecular weight is 329 g/mol. The summed E-state index contributed by atoms with van der Waals surface area (Å²) in [6, 6.07) is 14.6. The molecule has 0 bridgehead atoms. The van der Waals surface area contributed by atoms with E-state index in [4.69, 9.17) is 0 Å². The summed E-state index contributed by atoms with van der Waals surface area (Å²) in [5.41, 5.74) is 4.63. The number of hydrogen-bond donors (Lipinski definition) is 3. The molecule has 2 rings (SSSR count). The first-order valence-corrected chi connectivity index (χ1v) is 7.23. The number of benzene rings is 2. The zero-order valence-electron chi connectivity index (χ0n) is 11.5. The van der Waals surface area contributed by atoms with Crippen molar-refractivity contribution in [3.05, 3.63) is 59.7 Å². The van der Waals surface area contributed by atoms with Crippen molar-refractivity contribution in [2.24, 2.45) is 10.0 Å². The van der Waals surface area contributed by atoms with Crippen molar-refractivity contribution in [1.29, 1.82) is 0 Å². The van der Waals surface area contributed by atoms with Crippen molar-refractivity contribution < 1.29 is 25.8 Å². The Morgan fingerprint density at radius 1 is 0.905 bits per heavy atom. The second kappa shape index (κ2) is 7.92. The third-order valence-corrected chi connectivity index (χ3v) is 3.60. The zero-order valence-corrected chi connectivity index (χ0v) is 12.5. The van der Waals surface area contributed by atoms with Crippen LogP contribution >= 0.6 is 0 Å². The minimum absolute atomic E-state index is 0.182. The number of phenols is 2. The summed E-state index contributed by atoms with van der Waals surface area (Å²) >= 11 is 3.85. The molecule has 5 heteroatoms. The average Bonchev–Trinajstić information content (AvgIpc) is 2.49. The van der Waals surface area contributed by atoms with Gasteiger partial charge in [0.2, 0.25) is 0 Å². The zero-order chi connectivity index (χ0) is 15.1. The Morgan fingerprint density at radius 2 is 1.38 bits per heavy atom. The normalized spacial score (nSPS) is 10.8. The van der Waals surface area contributed by atoms with Crippen LogP contribution in [0.1, 0.15) is 11.1 Å². The summed E-state index contributed by atoms with van der Waals surface area (Å²) in [4.78, 5) is 0. The first-order chi connectivity index (χ1) is 10.2. The van der Waals surface area contributed by atoms with Crippen LogP contribution in [0.5, 0.6) is 11.5 Å². The van der Waals surface area contributed by atoms with E-state index in [-0.39, 0.29) is 5.92 Å². The van der Waals surface area contributed by atoms with Crippen molar-refractivity contribution in [1.82, 2.24) is 5.43 Å². The number of para-hydroxylation sites is 2. The molecule has 21 heavy (non-hydrogen) atoms. The van der Waals surface area contributed by atoms with E-state index in [1.54, 1.807) is 24.3 Å². The molecule has 0 saturated carbocycles. The van der Waals surface area contributed by atoms with Crippen LogP contribution in [-0.2, 0) is 28.4 Å². The van der Waals surface area contributed by atoms with E-state index in [2.05, 4.69) is 25.1 Å². The van der Waals surface area contributed by atoms with Gasteiger partial charge < -0.3 is 0 Å². The predicted molar refractivity (Wildman–Crippen MR) is 77.5 cm³/mol. The molecule has 0 unspecified atom stereocenters. The van der Waals surface area contributed by atoms with Crippen LogP contribution in [0.25, 0.3) is 0 Å². The van der Waals surface area contributed by atoms with Crippen LogP contribution in [-0.4, -0.2) is 16.8 Å². The van der Waals surface area contributed by atoms with E-state index < -0.39 is 0 Å². The van der Waals surface area contributed by atoms with Gasteiger partial charge in [-0.15, -0.1) is 0 Å². The Hall–Kier alpha value is -1.69. The standard InChI is InChI=1S/C16H18N2O2.Co/c17-18-11-12(9-13-5-1-3-7-15(13)19)10-14-6-2-4-8-16(14)20;/h1-8,12,18-20H,9-11H2;. The fraction of sp³-hybridized carbons (Fsp3) is 0.250. The summed E-state index contributed by atoms with van der Waals surface area (Å²) in [6.45, 7) is 0.615. The molecule has 0 radical (unpaired) electrons. The van der Waals surface area contributed by atoms with E-state index in [0.717, 1.165) is 11.1 Å². The van der Waals surface area contributed by atoms with Crippen LogP contribution in [0.4, 0.5) is 0 Å². The topological polar surface area (TPSA) is 64.8 Å². The molecule has 0 fully saturated rings. The van der Waals surface area contributed by atoms with Crippen LogP contribution in [0.15, 0.2) is 52.6 Å². The maximum atomic E-state index is 9.90. The van der Waals surface area contributed by atoms with E-state index in [9.17, 15) is 10.2 Å². The molecule has 0 aromatic heterocycles. The number of nitrogens with zero attached hydrogens (tertiary/aromatic N) is 1. The van der Waals surface area contributed by atoms with Crippen molar-refractivity contribution >= 4 is 0 Å². The molecule has 0 saturated heterocycles. The van der Waals surface area contributed by atoms with Gasteiger partial charge in [0.1, 0.15) is 0 Å². The van der Waals surface area contributed by atoms with Crippen LogP contribution in [0.3, 0.4) is 0 Å². The van der Waals surface area contributed by atoms with Gasteiger partial charge in [0, 0.05) is 0 Å². The SMILES string of the molecule is Oc1ccccc1CC(CN[N]=[Co])Cc1ccccc1O. The summed E-state index contributed by atoms with van der Waals surface area (Å²) in [7, 11) is 0. The maximum absolute atomic E-state index is 9.90. The van der Waals surface area contributed by atoms with Gasteiger partial charge in [-0.05, 0) is 0 Å². The van der Waals surface area contributed by atoms with Gasteiger partial charge >= 0.3 is 132 Å². The van der Waals surface area contributed by atoms with Crippen molar-refractivity contribution in [2.75, 3.05) is 6.54 Å². The summed E-state index contributed by atoms with van der Waals surface area (Å²) < 4.78 is 3.62. The monoisotopic (exact) mass is 329 g/mol. The molecule has 2 aromatic rings. The van der Waals surface area contributed by atoms with E-state index in [1.807, 2.05) is 24.3 Å². The first kappa shape index (κ1) is 15.7. The van der Waals surface area contributed by atoms with Gasteiger partial charge in [-0.3, -0.25) is 0 Å². The second-order valence-corrected chi connectivity index (χ2v) is 5.20. The summed E-state index contributed by atoms with van der Waals surface area (Å²) in [6.07, 6.45) is 1.38. The van der Waals surface area contributed by atoms with E-state index >= 15 is 0 Å². The van der Waals surface area contributed by atoms with Gasteiger partial charge in [-0.1, -0.05) is 0 Å². The third-order valence-electron chi connectivity index (χ3n) is 3.43. The second-order valence-electron chi connectivity index (χ2n) is 4.97. The number of phenolic OH excluding ortho intramolecular Hbond substituents is 2. The Kier molecular flexibility index (Phi) is 5.92. The Bertz CT molecular complexity index is 557. The molecule has 2 aromatic carbocycles. The van der Waals surface area contributed by atoms with Gasteiger partial charge in [0.15, 0.2) is 0 Å². The molecule has 0 aliphatic rings. The quantitative estimate of drug-likeness (QED) is 0.685. The van der Waals surface area contributed by atoms with Crippen LogP contribution in [0.2, 0.25) is 0 Å². The van der Waals surface area contributed by atoms with E-state index in [1.165, 1.54) is 0 Å². The molecule has 0 heterocycles. The molecule has 0 spiro atoms. The molecule has 0 aliphatic heterocycles. The molecule has 0 amide bonds. The van der Waals surface area contributed by atoms with Gasteiger partial charge in [0.25, 0.3) is 0 Å². The predicted octanol–water partition coefficient (Wildman–Crippen LogP) is 2.73. The van der Waals surface area contributed by atoms with Gasteiger partial charge in [-0.2, -0.15) is 0 Å². The molecule has 0 atom stereocenters. The Morgan fingerprint density at radius 3 is 1.81 bits per heavy atom. The molecule has 0 aliphatic carbocycles. The Balaban J connectivity index is 2.13. The fourth-order valence-electron chi connectivity index (χ4n) is 2.36. The van der Waals surface area contributed by atoms with Crippen molar-refractivity contribution in [3.63, 3.8) is 0 Å². The molecular weight excluding hydrogens is 311 g/mol. The van der Waals surface area contributed by atoms with Crippen molar-refractivity contribution in [2.45, 2.75) is 12.8 Å². The fourth-order valence-corrected chi connectivity index (χ4v) is 2.46. The number of hydrogen-bond acceptors (Lipinski definition) is 4. The van der Waals surface area contributed by atoms with Crippen LogP contribution in [0, 0.1) is 5.92 Å². The molecule has 3 N–H and O–H groups in total. The van der Waals surface area contributed by atoms with Gasteiger partial charge in [-0.25, -0.2) is 0 Å². The number of nitrogens with one attached hydrogen (secondary N) is 1. The number of aromatic hydroxyl groups is 2. The summed E-state index contributed by atoms with van der Waals surface area (Å²) in [5, 5.41) is 19.8. The minimum atomic E-state index is 0.182. The third kappa shape index (κ3) is 4.66.